The Morgan fingerprint density at radius 1 is 1.08 bits per heavy atom. The highest BCUT2D eigenvalue weighted by Crippen LogP contribution is 2.22. The van der Waals surface area contributed by atoms with E-state index in [-0.39, 0.29) is 11.9 Å². The number of morpholine rings is 1. The molecular weight excluding hydrogens is 466 g/mol. The van der Waals surface area contributed by atoms with Gasteiger partial charge in [-0.15, -0.1) is 0 Å². The number of hydrogen-bond acceptors (Lipinski definition) is 5. The summed E-state index contributed by atoms with van der Waals surface area (Å²) < 4.78 is 5.39. The molecule has 0 aliphatic carbocycles. The number of anilines is 1. The van der Waals surface area contributed by atoms with Crippen LogP contribution >= 0.6 is 0 Å². The standard InChI is InChI=1S/C29H41N5O3/c1-3-13-34(22-24-9-14-32(15-10-24)29(36)33-16-18-37-19-17-33)23(2)20-25-5-4-6-27(21-25)31-28(35)26-7-11-30-12-8-26/h4-8,11-12,21,23-24H,3,9-10,13-20,22H2,1-2H3,(H,31,35). The van der Waals surface area contributed by atoms with Gasteiger partial charge in [0, 0.05) is 62.4 Å². The molecule has 0 saturated carbocycles. The quantitative estimate of drug-likeness (QED) is 0.552. The summed E-state index contributed by atoms with van der Waals surface area (Å²) in [7, 11) is 0. The molecule has 2 aliphatic rings. The van der Waals surface area contributed by atoms with Crippen molar-refractivity contribution in [2.24, 2.45) is 5.92 Å². The minimum atomic E-state index is -0.126. The third-order valence-corrected chi connectivity index (χ3v) is 7.45. The number of nitrogens with one attached hydrogen (secondary N) is 1. The number of ether oxygens (including phenoxy) is 1. The summed E-state index contributed by atoms with van der Waals surface area (Å²) in [6, 6.07) is 12.2. The van der Waals surface area contributed by atoms with E-state index >= 15 is 0 Å². The Hall–Kier alpha value is -2.97. The van der Waals surface area contributed by atoms with E-state index in [0.717, 1.165) is 57.5 Å². The van der Waals surface area contributed by atoms with Gasteiger partial charge in [-0.25, -0.2) is 4.79 Å². The summed E-state index contributed by atoms with van der Waals surface area (Å²) in [5.41, 5.74) is 2.62. The molecule has 1 aromatic carbocycles. The normalized spacial score (nSPS) is 17.6. The zero-order valence-corrected chi connectivity index (χ0v) is 22.3. The minimum absolute atomic E-state index is 0.126. The molecule has 0 spiro atoms. The first kappa shape index (κ1) is 27.1. The van der Waals surface area contributed by atoms with Gasteiger partial charge in [0.2, 0.25) is 0 Å². The molecule has 3 amide bonds. The summed E-state index contributed by atoms with van der Waals surface area (Å²) in [4.78, 5) is 35.9. The van der Waals surface area contributed by atoms with Crippen molar-refractivity contribution in [2.45, 2.75) is 45.6 Å². The molecule has 8 nitrogen and oxygen atoms in total. The molecule has 3 heterocycles. The predicted octanol–water partition coefficient (Wildman–Crippen LogP) is 4.14. The maximum atomic E-state index is 12.8. The van der Waals surface area contributed by atoms with Gasteiger partial charge in [0.15, 0.2) is 0 Å². The van der Waals surface area contributed by atoms with E-state index < -0.39 is 0 Å². The molecule has 8 heteroatoms. The van der Waals surface area contributed by atoms with Gasteiger partial charge in [-0.2, -0.15) is 0 Å². The van der Waals surface area contributed by atoms with Crippen LogP contribution in [0.4, 0.5) is 10.5 Å². The third kappa shape index (κ3) is 7.76. The van der Waals surface area contributed by atoms with Crippen molar-refractivity contribution in [3.8, 4) is 0 Å². The molecule has 37 heavy (non-hydrogen) atoms. The van der Waals surface area contributed by atoms with Crippen LogP contribution in [0.5, 0.6) is 0 Å². The highest BCUT2D eigenvalue weighted by atomic mass is 16.5. The van der Waals surface area contributed by atoms with E-state index in [1.165, 1.54) is 5.56 Å². The van der Waals surface area contributed by atoms with Crippen molar-refractivity contribution in [3.05, 3.63) is 59.9 Å². The number of hydrogen-bond donors (Lipinski definition) is 1. The fourth-order valence-electron chi connectivity index (χ4n) is 5.32. The van der Waals surface area contributed by atoms with E-state index in [1.54, 1.807) is 24.5 Å². The van der Waals surface area contributed by atoms with Crippen LogP contribution in [0.25, 0.3) is 0 Å². The SMILES string of the molecule is CCCN(CC1CCN(C(=O)N2CCOCC2)CC1)C(C)Cc1cccc(NC(=O)c2ccncc2)c1. The number of carbonyl (C=O) groups excluding carboxylic acids is 2. The summed E-state index contributed by atoms with van der Waals surface area (Å²) in [5, 5.41) is 3.01. The molecule has 1 atom stereocenters. The summed E-state index contributed by atoms with van der Waals surface area (Å²) in [6.45, 7) is 11.0. The van der Waals surface area contributed by atoms with Crippen molar-refractivity contribution in [3.63, 3.8) is 0 Å². The lowest BCUT2D eigenvalue weighted by atomic mass is 9.95. The highest BCUT2D eigenvalue weighted by Gasteiger charge is 2.28. The van der Waals surface area contributed by atoms with Crippen LogP contribution in [0.2, 0.25) is 0 Å². The van der Waals surface area contributed by atoms with Crippen LogP contribution < -0.4 is 5.32 Å². The maximum Gasteiger partial charge on any atom is 0.320 e. The lowest BCUT2D eigenvalue weighted by Crippen LogP contribution is -2.51. The van der Waals surface area contributed by atoms with E-state index in [9.17, 15) is 9.59 Å². The molecule has 4 rings (SSSR count). The Balaban J connectivity index is 1.28. The first-order valence-corrected chi connectivity index (χ1v) is 13.7. The molecule has 0 bridgehead atoms. The Bertz CT molecular complexity index is 1000. The minimum Gasteiger partial charge on any atom is -0.378 e. The fraction of sp³-hybridized carbons (Fsp3) is 0.552. The van der Waals surface area contributed by atoms with Gasteiger partial charge >= 0.3 is 6.03 Å². The second-order valence-electron chi connectivity index (χ2n) is 10.3. The second-order valence-corrected chi connectivity index (χ2v) is 10.3. The molecular formula is C29H41N5O3. The summed E-state index contributed by atoms with van der Waals surface area (Å²) in [6.07, 6.45) is 7.40. The van der Waals surface area contributed by atoms with E-state index in [1.807, 2.05) is 21.9 Å². The molecule has 1 N–H and O–H groups in total. The van der Waals surface area contributed by atoms with E-state index in [4.69, 9.17) is 4.74 Å². The van der Waals surface area contributed by atoms with E-state index in [0.29, 0.717) is 43.8 Å². The van der Waals surface area contributed by atoms with Crippen LogP contribution in [0.15, 0.2) is 48.8 Å². The van der Waals surface area contributed by atoms with Crippen LogP contribution in [-0.2, 0) is 11.2 Å². The molecule has 2 aromatic rings. The Kier molecular flexibility index (Phi) is 9.91. The van der Waals surface area contributed by atoms with Crippen LogP contribution in [0.1, 0.15) is 49.0 Å². The zero-order chi connectivity index (χ0) is 26.0. The molecule has 200 valence electrons. The number of pyridine rings is 1. The second kappa shape index (κ2) is 13.5. The van der Waals surface area contributed by atoms with Crippen LogP contribution in [-0.4, -0.2) is 90.1 Å². The largest absolute Gasteiger partial charge is 0.378 e. The van der Waals surface area contributed by atoms with Gasteiger partial charge in [0.05, 0.1) is 13.2 Å². The number of rotatable bonds is 9. The van der Waals surface area contributed by atoms with Gasteiger partial charge in [0.1, 0.15) is 0 Å². The average Bonchev–Trinajstić information content (AvgIpc) is 2.94. The Labute approximate surface area is 221 Å². The predicted molar refractivity (Wildman–Crippen MR) is 146 cm³/mol. The van der Waals surface area contributed by atoms with Gasteiger partial charge in [-0.1, -0.05) is 19.1 Å². The number of amides is 3. The number of likely N-dealkylation sites (tertiary alicyclic amines) is 1. The Morgan fingerprint density at radius 2 is 1.78 bits per heavy atom. The van der Waals surface area contributed by atoms with Crippen molar-refractivity contribution < 1.29 is 14.3 Å². The molecule has 2 fully saturated rings. The smallest absolute Gasteiger partial charge is 0.320 e. The van der Waals surface area contributed by atoms with Gasteiger partial charge in [-0.3, -0.25) is 9.78 Å². The molecule has 2 aliphatic heterocycles. The number of urea groups is 1. The number of aromatic nitrogens is 1. The molecule has 2 saturated heterocycles. The number of benzene rings is 1. The Morgan fingerprint density at radius 3 is 2.49 bits per heavy atom. The van der Waals surface area contributed by atoms with Crippen molar-refractivity contribution >= 4 is 17.6 Å². The number of nitrogens with zero attached hydrogens (tertiary/aromatic N) is 4. The van der Waals surface area contributed by atoms with Gasteiger partial charge in [-0.05, 0) is 74.9 Å². The van der Waals surface area contributed by atoms with Gasteiger partial charge < -0.3 is 24.8 Å². The van der Waals surface area contributed by atoms with Crippen molar-refractivity contribution in [1.82, 2.24) is 19.7 Å². The van der Waals surface area contributed by atoms with Crippen LogP contribution in [0, 0.1) is 5.92 Å². The third-order valence-electron chi connectivity index (χ3n) is 7.45. The first-order chi connectivity index (χ1) is 18.0. The van der Waals surface area contributed by atoms with Gasteiger partial charge in [0.25, 0.3) is 5.91 Å². The monoisotopic (exact) mass is 507 g/mol. The zero-order valence-electron chi connectivity index (χ0n) is 22.3. The van der Waals surface area contributed by atoms with Crippen molar-refractivity contribution in [2.75, 3.05) is 57.8 Å². The summed E-state index contributed by atoms with van der Waals surface area (Å²) in [5.74, 6) is 0.479. The van der Waals surface area contributed by atoms with Crippen molar-refractivity contribution in [1.29, 1.82) is 0 Å². The maximum absolute atomic E-state index is 12.8. The number of piperidine rings is 1. The number of carbonyl (C=O) groups is 2. The molecule has 0 radical (unpaired) electrons. The lowest BCUT2D eigenvalue weighted by Gasteiger charge is -2.39. The van der Waals surface area contributed by atoms with Crippen LogP contribution in [0.3, 0.4) is 0 Å². The molecule has 1 unspecified atom stereocenters. The lowest BCUT2D eigenvalue weighted by molar-refractivity contribution is 0.0386. The van der Waals surface area contributed by atoms with E-state index in [2.05, 4.69) is 41.2 Å². The fourth-order valence-corrected chi connectivity index (χ4v) is 5.32. The topological polar surface area (TPSA) is 78.0 Å². The first-order valence-electron chi connectivity index (χ1n) is 13.7. The molecule has 1 aromatic heterocycles. The average molecular weight is 508 g/mol. The summed E-state index contributed by atoms with van der Waals surface area (Å²) >= 11 is 0. The highest BCUT2D eigenvalue weighted by molar-refractivity contribution is 6.04.